The maximum Gasteiger partial charge on any atom is 0.101 e. The fourth-order valence-corrected chi connectivity index (χ4v) is 2.68. The van der Waals surface area contributed by atoms with E-state index in [2.05, 4.69) is 35.0 Å². The Kier molecular flexibility index (Phi) is 2.64. The molecule has 1 aliphatic rings. The molecule has 3 rings (SSSR count). The highest BCUT2D eigenvalue weighted by Gasteiger charge is 2.21. The van der Waals surface area contributed by atoms with Gasteiger partial charge in [-0.1, -0.05) is 6.92 Å². The van der Waals surface area contributed by atoms with Crippen molar-refractivity contribution in [3.05, 3.63) is 36.0 Å². The molecule has 0 spiro atoms. The number of aromatic nitrogens is 1. The minimum Gasteiger partial charge on any atom is -0.371 e. The van der Waals surface area contributed by atoms with E-state index >= 15 is 0 Å². The summed E-state index contributed by atoms with van der Waals surface area (Å²) >= 11 is 0. The van der Waals surface area contributed by atoms with Gasteiger partial charge in [0.2, 0.25) is 0 Å². The third-order valence-electron chi connectivity index (χ3n) is 3.63. The molecule has 1 atom stereocenters. The van der Waals surface area contributed by atoms with E-state index < -0.39 is 0 Å². The summed E-state index contributed by atoms with van der Waals surface area (Å²) < 4.78 is 0. The Morgan fingerprint density at radius 2 is 2.28 bits per heavy atom. The predicted octanol–water partition coefficient (Wildman–Crippen LogP) is 2.95. The van der Waals surface area contributed by atoms with Gasteiger partial charge in [0.25, 0.3) is 0 Å². The molecular weight excluding hydrogens is 222 g/mol. The van der Waals surface area contributed by atoms with Gasteiger partial charge in [0.05, 0.1) is 11.1 Å². The first-order valence-corrected chi connectivity index (χ1v) is 6.32. The van der Waals surface area contributed by atoms with Crippen LogP contribution in [-0.4, -0.2) is 18.1 Å². The van der Waals surface area contributed by atoms with Crippen LogP contribution in [0.2, 0.25) is 0 Å². The molecule has 1 aromatic carbocycles. The van der Waals surface area contributed by atoms with Crippen LogP contribution in [0, 0.1) is 17.2 Å². The van der Waals surface area contributed by atoms with E-state index in [0.717, 1.165) is 29.9 Å². The molecule has 1 aromatic heterocycles. The Bertz CT molecular complexity index is 627. The molecule has 0 unspecified atom stereocenters. The highest BCUT2D eigenvalue weighted by molar-refractivity contribution is 5.95. The van der Waals surface area contributed by atoms with Gasteiger partial charge in [-0.05, 0) is 36.6 Å². The SMILES string of the molecule is C[C@H]1CCN(c2ccc(C#N)c3ncccc23)C1. The number of benzene rings is 1. The van der Waals surface area contributed by atoms with Gasteiger partial charge in [-0.15, -0.1) is 0 Å². The summed E-state index contributed by atoms with van der Waals surface area (Å²) in [5.74, 6) is 0.743. The minimum atomic E-state index is 0.654. The Morgan fingerprint density at radius 3 is 3.00 bits per heavy atom. The van der Waals surface area contributed by atoms with Gasteiger partial charge < -0.3 is 4.90 Å². The van der Waals surface area contributed by atoms with Gasteiger partial charge in [-0.3, -0.25) is 4.98 Å². The summed E-state index contributed by atoms with van der Waals surface area (Å²) in [5, 5.41) is 10.2. The van der Waals surface area contributed by atoms with Crippen LogP contribution in [-0.2, 0) is 0 Å². The lowest BCUT2D eigenvalue weighted by Crippen LogP contribution is -2.19. The van der Waals surface area contributed by atoms with E-state index in [1.54, 1.807) is 6.20 Å². The van der Waals surface area contributed by atoms with Crippen molar-refractivity contribution >= 4 is 16.6 Å². The predicted molar refractivity (Wildman–Crippen MR) is 72.5 cm³/mol. The highest BCUT2D eigenvalue weighted by atomic mass is 15.1. The van der Waals surface area contributed by atoms with Gasteiger partial charge in [0.15, 0.2) is 0 Å². The normalized spacial score (nSPS) is 19.1. The highest BCUT2D eigenvalue weighted by Crippen LogP contribution is 2.31. The molecule has 2 heterocycles. The maximum atomic E-state index is 9.13. The standard InChI is InChI=1S/C15H15N3/c1-11-6-8-18(10-11)14-5-4-12(9-16)15-13(14)3-2-7-17-15/h2-5,7,11H,6,8,10H2,1H3/t11-/m0/s1. The lowest BCUT2D eigenvalue weighted by molar-refractivity contribution is 0.659. The molecule has 3 nitrogen and oxygen atoms in total. The number of pyridine rings is 1. The summed E-state index contributed by atoms with van der Waals surface area (Å²) in [6.07, 6.45) is 2.99. The Morgan fingerprint density at radius 1 is 1.39 bits per heavy atom. The number of hydrogen-bond donors (Lipinski definition) is 0. The van der Waals surface area contributed by atoms with Crippen LogP contribution in [0.5, 0.6) is 0 Å². The van der Waals surface area contributed by atoms with Crippen molar-refractivity contribution in [2.24, 2.45) is 5.92 Å². The van der Waals surface area contributed by atoms with Crippen molar-refractivity contribution in [3.8, 4) is 6.07 Å². The van der Waals surface area contributed by atoms with Crippen molar-refractivity contribution in [2.45, 2.75) is 13.3 Å². The average molecular weight is 237 g/mol. The summed E-state index contributed by atoms with van der Waals surface area (Å²) in [4.78, 5) is 6.75. The molecule has 0 aliphatic carbocycles. The van der Waals surface area contributed by atoms with Gasteiger partial charge in [0, 0.05) is 30.4 Å². The molecule has 90 valence electrons. The first-order chi connectivity index (χ1) is 8.79. The van der Waals surface area contributed by atoms with Crippen LogP contribution >= 0.6 is 0 Å². The van der Waals surface area contributed by atoms with Crippen molar-refractivity contribution in [1.82, 2.24) is 4.98 Å². The number of fused-ring (bicyclic) bond motifs is 1. The summed E-state index contributed by atoms with van der Waals surface area (Å²) in [7, 11) is 0. The Labute approximate surface area is 107 Å². The van der Waals surface area contributed by atoms with E-state index in [1.807, 2.05) is 12.1 Å². The summed E-state index contributed by atoms with van der Waals surface area (Å²) in [5.41, 5.74) is 2.68. The van der Waals surface area contributed by atoms with Gasteiger partial charge in [-0.2, -0.15) is 5.26 Å². The number of anilines is 1. The smallest absolute Gasteiger partial charge is 0.101 e. The third-order valence-corrected chi connectivity index (χ3v) is 3.63. The largest absolute Gasteiger partial charge is 0.371 e. The van der Waals surface area contributed by atoms with E-state index in [-0.39, 0.29) is 0 Å². The molecule has 0 amide bonds. The fraction of sp³-hybridized carbons (Fsp3) is 0.333. The number of nitriles is 1. The van der Waals surface area contributed by atoms with E-state index in [1.165, 1.54) is 12.1 Å². The lowest BCUT2D eigenvalue weighted by atomic mass is 10.1. The zero-order chi connectivity index (χ0) is 12.5. The number of hydrogen-bond acceptors (Lipinski definition) is 3. The minimum absolute atomic E-state index is 0.654. The Hall–Kier alpha value is -2.08. The fourth-order valence-electron chi connectivity index (χ4n) is 2.68. The van der Waals surface area contributed by atoms with E-state index in [4.69, 9.17) is 5.26 Å². The quantitative estimate of drug-likeness (QED) is 0.765. The van der Waals surface area contributed by atoms with Crippen molar-refractivity contribution < 1.29 is 0 Å². The second-order valence-corrected chi connectivity index (χ2v) is 4.98. The lowest BCUT2D eigenvalue weighted by Gasteiger charge is -2.20. The molecule has 0 radical (unpaired) electrons. The molecule has 0 saturated carbocycles. The number of nitrogens with zero attached hydrogens (tertiary/aromatic N) is 3. The van der Waals surface area contributed by atoms with Crippen molar-refractivity contribution in [2.75, 3.05) is 18.0 Å². The molecule has 0 bridgehead atoms. The van der Waals surface area contributed by atoms with Crippen molar-refractivity contribution in [3.63, 3.8) is 0 Å². The summed E-state index contributed by atoms with van der Waals surface area (Å²) in [6, 6.07) is 10.1. The first kappa shape index (κ1) is 11.0. The average Bonchev–Trinajstić information content (AvgIpc) is 2.84. The van der Waals surface area contributed by atoms with Crippen LogP contribution in [0.4, 0.5) is 5.69 Å². The van der Waals surface area contributed by atoms with Crippen LogP contribution in [0.25, 0.3) is 10.9 Å². The second kappa shape index (κ2) is 4.30. The second-order valence-electron chi connectivity index (χ2n) is 4.98. The molecule has 3 heteroatoms. The van der Waals surface area contributed by atoms with Gasteiger partial charge >= 0.3 is 0 Å². The zero-order valence-electron chi connectivity index (χ0n) is 10.4. The van der Waals surface area contributed by atoms with E-state index in [0.29, 0.717) is 5.56 Å². The molecule has 18 heavy (non-hydrogen) atoms. The maximum absolute atomic E-state index is 9.13. The molecule has 2 aromatic rings. The monoisotopic (exact) mass is 237 g/mol. The van der Waals surface area contributed by atoms with Crippen LogP contribution in [0.1, 0.15) is 18.9 Å². The molecule has 1 saturated heterocycles. The molecule has 1 aliphatic heterocycles. The van der Waals surface area contributed by atoms with Crippen LogP contribution in [0.3, 0.4) is 0 Å². The Balaban J connectivity index is 2.17. The van der Waals surface area contributed by atoms with E-state index in [9.17, 15) is 0 Å². The zero-order valence-corrected chi connectivity index (χ0v) is 10.4. The van der Waals surface area contributed by atoms with Crippen LogP contribution in [0.15, 0.2) is 30.5 Å². The van der Waals surface area contributed by atoms with Crippen molar-refractivity contribution in [1.29, 1.82) is 5.26 Å². The van der Waals surface area contributed by atoms with Gasteiger partial charge in [0.1, 0.15) is 6.07 Å². The molecule has 0 N–H and O–H groups in total. The van der Waals surface area contributed by atoms with Crippen LogP contribution < -0.4 is 4.90 Å². The summed E-state index contributed by atoms with van der Waals surface area (Å²) in [6.45, 7) is 4.47. The molecule has 1 fully saturated rings. The topological polar surface area (TPSA) is 39.9 Å². The van der Waals surface area contributed by atoms with Gasteiger partial charge in [-0.25, -0.2) is 0 Å². The third kappa shape index (κ3) is 1.70. The number of rotatable bonds is 1. The molecular formula is C15H15N3. The first-order valence-electron chi connectivity index (χ1n) is 6.32.